The molecule has 2 bridgehead atoms. The molecule has 1 aromatic carbocycles. The van der Waals surface area contributed by atoms with Crippen LogP contribution in [0.1, 0.15) is 18.4 Å². The molecular weight excluding hydrogens is 398 g/mol. The number of hydrogen-bond donors (Lipinski definition) is 4. The molecule has 0 unspecified atom stereocenters. The van der Waals surface area contributed by atoms with Gasteiger partial charge in [-0.1, -0.05) is 6.07 Å². The van der Waals surface area contributed by atoms with Crippen molar-refractivity contribution in [2.24, 2.45) is 17.6 Å². The number of nitrogens with zero attached hydrogens (tertiary/aromatic N) is 1. The number of carbonyl (C=O) groups excluding carboxylic acids is 2. The predicted octanol–water partition coefficient (Wildman–Crippen LogP) is -0.141. The first kappa shape index (κ1) is 19.9. The Bertz CT molecular complexity index is 1020. The largest absolute Gasteiger partial charge is 0.368 e. The summed E-state index contributed by atoms with van der Waals surface area (Å²) in [5.74, 6) is -1.04. The van der Waals surface area contributed by atoms with Gasteiger partial charge in [-0.25, -0.2) is 4.79 Å². The highest BCUT2D eigenvalue weighted by Crippen LogP contribution is 2.55. The summed E-state index contributed by atoms with van der Waals surface area (Å²) in [6.45, 7) is 1.75. The Morgan fingerprint density at radius 1 is 1.31 bits per heavy atom. The van der Waals surface area contributed by atoms with Crippen molar-refractivity contribution >= 4 is 35.3 Å². The lowest BCUT2D eigenvalue weighted by atomic mass is 9.73. The van der Waals surface area contributed by atoms with E-state index in [2.05, 4.69) is 15.3 Å². The lowest BCUT2D eigenvalue weighted by molar-refractivity contribution is -0.138. The van der Waals surface area contributed by atoms with Crippen LogP contribution in [-0.2, 0) is 20.9 Å². The van der Waals surface area contributed by atoms with Crippen LogP contribution in [0, 0.1) is 11.8 Å². The summed E-state index contributed by atoms with van der Waals surface area (Å²) in [4.78, 5) is 44.4. The number of benzene rings is 1. The summed E-state index contributed by atoms with van der Waals surface area (Å²) in [5.41, 5.74) is 7.13. The fourth-order valence-corrected chi connectivity index (χ4v) is 5.18. The summed E-state index contributed by atoms with van der Waals surface area (Å²) in [6.07, 6.45) is 1.42. The van der Waals surface area contributed by atoms with Gasteiger partial charge in [0.15, 0.2) is 0 Å². The van der Waals surface area contributed by atoms with Gasteiger partial charge in [0.2, 0.25) is 11.8 Å². The van der Waals surface area contributed by atoms with Crippen LogP contribution in [0.5, 0.6) is 0 Å². The minimum Gasteiger partial charge on any atom is -0.368 e. The summed E-state index contributed by atoms with van der Waals surface area (Å²) < 4.78 is 6.17. The highest BCUT2D eigenvalue weighted by atomic mass is 35.5. The second kappa shape index (κ2) is 7.16. The first-order chi connectivity index (χ1) is 13.5. The molecule has 5 N–H and O–H groups in total. The van der Waals surface area contributed by atoms with Gasteiger partial charge in [0.25, 0.3) is 0 Å². The molecular formula is C19H24ClN5O4. The summed E-state index contributed by atoms with van der Waals surface area (Å²) in [6, 6.07) is 5.49. The fourth-order valence-electron chi connectivity index (χ4n) is 5.18. The van der Waals surface area contributed by atoms with Crippen molar-refractivity contribution in [3.05, 3.63) is 34.2 Å². The number of rotatable bonds is 5. The number of halogens is 1. The maximum absolute atomic E-state index is 13.0. The van der Waals surface area contributed by atoms with Crippen molar-refractivity contribution in [3.63, 3.8) is 0 Å². The number of nitrogens with two attached hydrogens (primary N) is 1. The van der Waals surface area contributed by atoms with E-state index < -0.39 is 17.4 Å². The molecule has 1 spiro atoms. The van der Waals surface area contributed by atoms with E-state index in [4.69, 9.17) is 10.5 Å². The molecule has 3 fully saturated rings. The molecule has 2 aromatic rings. The van der Waals surface area contributed by atoms with Crippen LogP contribution in [0.3, 0.4) is 0 Å². The van der Waals surface area contributed by atoms with Crippen LogP contribution in [0.4, 0.5) is 0 Å². The molecule has 10 heteroatoms. The van der Waals surface area contributed by atoms with E-state index in [0.717, 1.165) is 23.9 Å². The average molecular weight is 422 g/mol. The van der Waals surface area contributed by atoms with Gasteiger partial charge < -0.3 is 30.7 Å². The Hall–Kier alpha value is -2.36. The van der Waals surface area contributed by atoms with Gasteiger partial charge in [-0.05, 0) is 30.5 Å². The van der Waals surface area contributed by atoms with Gasteiger partial charge >= 0.3 is 5.69 Å². The predicted molar refractivity (Wildman–Crippen MR) is 107 cm³/mol. The van der Waals surface area contributed by atoms with Crippen LogP contribution in [0.15, 0.2) is 23.0 Å². The van der Waals surface area contributed by atoms with E-state index in [0.29, 0.717) is 31.7 Å². The molecule has 5 rings (SSSR count). The average Bonchev–Trinajstić information content (AvgIpc) is 3.39. The van der Waals surface area contributed by atoms with Gasteiger partial charge in [0.1, 0.15) is 0 Å². The molecule has 1 aromatic heterocycles. The molecule has 2 amide bonds. The van der Waals surface area contributed by atoms with Crippen LogP contribution in [0.2, 0.25) is 0 Å². The Labute approximate surface area is 172 Å². The number of likely N-dealkylation sites (tertiary alicyclic amines) is 1. The van der Waals surface area contributed by atoms with Crippen LogP contribution in [0.25, 0.3) is 11.0 Å². The van der Waals surface area contributed by atoms with Crippen molar-refractivity contribution in [3.8, 4) is 0 Å². The molecule has 0 radical (unpaired) electrons. The van der Waals surface area contributed by atoms with Gasteiger partial charge in [-0.2, -0.15) is 0 Å². The Kier molecular flexibility index (Phi) is 4.92. The van der Waals surface area contributed by atoms with E-state index in [1.54, 1.807) is 11.0 Å². The zero-order valence-electron chi connectivity index (χ0n) is 15.8. The van der Waals surface area contributed by atoms with Gasteiger partial charge in [0.05, 0.1) is 41.1 Å². The van der Waals surface area contributed by atoms with Gasteiger partial charge in [-0.3, -0.25) is 9.59 Å². The van der Waals surface area contributed by atoms with Gasteiger partial charge in [0, 0.05) is 19.6 Å². The van der Waals surface area contributed by atoms with E-state index >= 15 is 0 Å². The van der Waals surface area contributed by atoms with Crippen molar-refractivity contribution in [1.82, 2.24) is 20.2 Å². The van der Waals surface area contributed by atoms with E-state index in [-0.39, 0.29) is 36.0 Å². The SMILES string of the molecule is Cl.NCCN1C[C@]23CC[C@H](O2)[C@H](C(=O)NCc2ccc4[nH]c(=O)[nH]c4c2)[C@@H]3C1=O. The molecule has 9 nitrogen and oxygen atoms in total. The number of fused-ring (bicyclic) bond motifs is 2. The van der Waals surface area contributed by atoms with Crippen LogP contribution in [-0.4, -0.2) is 58.0 Å². The third kappa shape index (κ3) is 3.04. The minimum atomic E-state index is -0.525. The number of carbonyl (C=O) groups is 2. The summed E-state index contributed by atoms with van der Waals surface area (Å²) in [7, 11) is 0. The highest BCUT2D eigenvalue weighted by molar-refractivity contribution is 5.92. The number of ether oxygens (including phenoxy) is 1. The lowest BCUT2D eigenvalue weighted by Crippen LogP contribution is -2.45. The Morgan fingerprint density at radius 3 is 2.90 bits per heavy atom. The molecule has 4 heterocycles. The number of hydrogen-bond acceptors (Lipinski definition) is 5. The topological polar surface area (TPSA) is 133 Å². The van der Waals surface area contributed by atoms with Crippen LogP contribution < -0.4 is 16.7 Å². The lowest BCUT2D eigenvalue weighted by Gasteiger charge is -2.27. The fraction of sp³-hybridized carbons (Fsp3) is 0.526. The first-order valence-electron chi connectivity index (χ1n) is 9.66. The third-order valence-corrected chi connectivity index (χ3v) is 6.35. The van der Waals surface area contributed by atoms with Crippen molar-refractivity contribution in [2.75, 3.05) is 19.6 Å². The smallest absolute Gasteiger partial charge is 0.323 e. The van der Waals surface area contributed by atoms with Crippen LogP contribution >= 0.6 is 12.4 Å². The third-order valence-electron chi connectivity index (χ3n) is 6.35. The Morgan fingerprint density at radius 2 is 2.10 bits per heavy atom. The summed E-state index contributed by atoms with van der Waals surface area (Å²) >= 11 is 0. The van der Waals surface area contributed by atoms with E-state index in [9.17, 15) is 14.4 Å². The number of nitrogens with one attached hydrogen (secondary N) is 3. The molecule has 156 valence electrons. The maximum atomic E-state index is 13.0. The standard InChI is InChI=1S/C19H23N5O4.ClH/c20-5-6-24-9-19-4-3-13(28-19)14(15(19)17(24)26)16(25)21-8-10-1-2-11-12(7-10)23-18(27)22-11;/h1-2,7,13-15H,3-6,8-9,20H2,(H,21,25)(H2,22,23,27);1H/t13-,14-,15+,19-;/m0./s1. The molecule has 0 aliphatic carbocycles. The molecule has 4 atom stereocenters. The highest BCUT2D eigenvalue weighted by Gasteiger charge is 2.68. The zero-order chi connectivity index (χ0) is 19.5. The number of imidazole rings is 1. The zero-order valence-corrected chi connectivity index (χ0v) is 16.6. The first-order valence-corrected chi connectivity index (χ1v) is 9.66. The van der Waals surface area contributed by atoms with E-state index in [1.165, 1.54) is 0 Å². The van der Waals surface area contributed by atoms with Crippen molar-refractivity contribution < 1.29 is 14.3 Å². The molecule has 3 aliphatic rings. The van der Waals surface area contributed by atoms with Crippen molar-refractivity contribution in [2.45, 2.75) is 31.1 Å². The number of H-pyrrole nitrogens is 2. The normalized spacial score (nSPS) is 29.9. The Balaban J connectivity index is 0.00000205. The molecule has 29 heavy (non-hydrogen) atoms. The minimum absolute atomic E-state index is 0. The number of amides is 2. The monoisotopic (exact) mass is 421 g/mol. The van der Waals surface area contributed by atoms with E-state index in [1.807, 2.05) is 12.1 Å². The quantitative estimate of drug-likeness (QED) is 0.533. The molecule has 3 aliphatic heterocycles. The second-order valence-corrected chi connectivity index (χ2v) is 7.99. The molecule has 3 saturated heterocycles. The van der Waals surface area contributed by atoms with Gasteiger partial charge in [-0.15, -0.1) is 12.4 Å². The maximum Gasteiger partial charge on any atom is 0.323 e. The molecule has 0 saturated carbocycles. The summed E-state index contributed by atoms with van der Waals surface area (Å²) in [5, 5.41) is 2.96. The number of aromatic nitrogens is 2. The second-order valence-electron chi connectivity index (χ2n) is 7.99. The number of aromatic amines is 2. The van der Waals surface area contributed by atoms with Crippen molar-refractivity contribution in [1.29, 1.82) is 0 Å².